The fourth-order valence-corrected chi connectivity index (χ4v) is 4.33. The summed E-state index contributed by atoms with van der Waals surface area (Å²) in [6.07, 6.45) is 3.26. The molecule has 0 unspecified atom stereocenters. The van der Waals surface area contributed by atoms with Crippen LogP contribution in [0.2, 0.25) is 0 Å². The minimum Gasteiger partial charge on any atom is -0.497 e. The summed E-state index contributed by atoms with van der Waals surface area (Å²) in [4.78, 5) is 12.5. The van der Waals surface area contributed by atoms with E-state index in [9.17, 15) is 4.79 Å². The van der Waals surface area contributed by atoms with Gasteiger partial charge in [-0.2, -0.15) is 0 Å². The molecule has 2 aliphatic carbocycles. The molecule has 0 aromatic heterocycles. The standard InChI is InChI=1S/C17H23NO3/c1-16-7-6-14(18)17(10-16,15(19)21-3)9-11-4-5-12(20-2)8-13(11)16/h4-5,8,14H,6-7,9-10,18H2,1-3H3/t14-,16-,17+/m1/s1. The maximum atomic E-state index is 12.5. The van der Waals surface area contributed by atoms with E-state index in [0.717, 1.165) is 25.0 Å². The predicted molar refractivity (Wildman–Crippen MR) is 80.3 cm³/mol. The van der Waals surface area contributed by atoms with Crippen LogP contribution in [0, 0.1) is 5.41 Å². The minimum atomic E-state index is -0.580. The molecule has 0 spiro atoms. The fraction of sp³-hybridized carbons (Fsp3) is 0.588. The molecule has 0 saturated heterocycles. The number of esters is 1. The Kier molecular flexibility index (Phi) is 3.24. The highest BCUT2D eigenvalue weighted by Gasteiger charge is 2.56. The minimum absolute atomic E-state index is 0.0355. The van der Waals surface area contributed by atoms with E-state index in [0.29, 0.717) is 6.42 Å². The van der Waals surface area contributed by atoms with Gasteiger partial charge in [-0.15, -0.1) is 0 Å². The summed E-state index contributed by atoms with van der Waals surface area (Å²) < 4.78 is 10.5. The Morgan fingerprint density at radius 1 is 1.38 bits per heavy atom. The van der Waals surface area contributed by atoms with Crippen LogP contribution in [0.3, 0.4) is 0 Å². The lowest BCUT2D eigenvalue weighted by Crippen LogP contribution is -2.59. The average Bonchev–Trinajstić information content (AvgIpc) is 2.50. The summed E-state index contributed by atoms with van der Waals surface area (Å²) in [7, 11) is 3.14. The van der Waals surface area contributed by atoms with Gasteiger partial charge in [-0.25, -0.2) is 0 Å². The topological polar surface area (TPSA) is 61.5 Å². The second-order valence-corrected chi connectivity index (χ2v) is 6.73. The Hall–Kier alpha value is -1.55. The molecule has 1 fully saturated rings. The molecule has 0 radical (unpaired) electrons. The average molecular weight is 289 g/mol. The van der Waals surface area contributed by atoms with Crippen LogP contribution < -0.4 is 10.5 Å². The summed E-state index contributed by atoms with van der Waals surface area (Å²) in [5.74, 6) is 0.706. The third-order valence-corrected chi connectivity index (χ3v) is 5.49. The van der Waals surface area contributed by atoms with Crippen molar-refractivity contribution in [3.8, 4) is 5.75 Å². The molecule has 0 amide bonds. The first-order valence-electron chi connectivity index (χ1n) is 7.46. The van der Waals surface area contributed by atoms with E-state index in [2.05, 4.69) is 19.1 Å². The Labute approximate surface area is 125 Å². The van der Waals surface area contributed by atoms with Crippen molar-refractivity contribution in [3.05, 3.63) is 29.3 Å². The first-order valence-corrected chi connectivity index (χ1v) is 7.46. The zero-order valence-corrected chi connectivity index (χ0v) is 12.9. The van der Waals surface area contributed by atoms with Gasteiger partial charge in [0.05, 0.1) is 19.6 Å². The number of rotatable bonds is 2. The second kappa shape index (κ2) is 4.73. The van der Waals surface area contributed by atoms with Crippen molar-refractivity contribution < 1.29 is 14.3 Å². The lowest BCUT2D eigenvalue weighted by atomic mass is 9.52. The molecule has 21 heavy (non-hydrogen) atoms. The van der Waals surface area contributed by atoms with Crippen LogP contribution in [0.1, 0.15) is 37.3 Å². The summed E-state index contributed by atoms with van der Waals surface area (Å²) in [6.45, 7) is 2.23. The van der Waals surface area contributed by atoms with E-state index in [-0.39, 0.29) is 17.4 Å². The van der Waals surface area contributed by atoms with Gasteiger partial charge in [0.2, 0.25) is 0 Å². The summed E-state index contributed by atoms with van der Waals surface area (Å²) in [5, 5.41) is 0. The van der Waals surface area contributed by atoms with Crippen molar-refractivity contribution in [1.29, 1.82) is 0 Å². The summed E-state index contributed by atoms with van der Waals surface area (Å²) >= 11 is 0. The maximum Gasteiger partial charge on any atom is 0.313 e. The van der Waals surface area contributed by atoms with E-state index in [1.165, 1.54) is 18.2 Å². The van der Waals surface area contributed by atoms with E-state index in [1.54, 1.807) is 7.11 Å². The Morgan fingerprint density at radius 2 is 2.14 bits per heavy atom. The third kappa shape index (κ3) is 1.96. The summed E-state index contributed by atoms with van der Waals surface area (Å²) in [5.41, 5.74) is 8.23. The molecule has 2 bridgehead atoms. The smallest absolute Gasteiger partial charge is 0.313 e. The molecular weight excluding hydrogens is 266 g/mol. The number of carbonyl (C=O) groups is 1. The highest BCUT2D eigenvalue weighted by Crippen LogP contribution is 2.55. The van der Waals surface area contributed by atoms with Gasteiger partial charge in [-0.3, -0.25) is 4.79 Å². The van der Waals surface area contributed by atoms with Gasteiger partial charge in [-0.05, 0) is 54.4 Å². The van der Waals surface area contributed by atoms with Crippen molar-refractivity contribution in [3.63, 3.8) is 0 Å². The number of nitrogens with two attached hydrogens (primary N) is 1. The highest BCUT2D eigenvalue weighted by atomic mass is 16.5. The predicted octanol–water partition coefficient (Wildman–Crippen LogP) is 2.18. The molecule has 1 saturated carbocycles. The van der Waals surface area contributed by atoms with Crippen molar-refractivity contribution in [2.45, 2.75) is 44.1 Å². The molecule has 3 atom stereocenters. The lowest BCUT2D eigenvalue weighted by Gasteiger charge is -2.53. The van der Waals surface area contributed by atoms with Crippen LogP contribution in [0.25, 0.3) is 0 Å². The van der Waals surface area contributed by atoms with Crippen molar-refractivity contribution in [1.82, 2.24) is 0 Å². The second-order valence-electron chi connectivity index (χ2n) is 6.73. The molecule has 0 aliphatic heterocycles. The molecule has 1 aromatic carbocycles. The van der Waals surface area contributed by atoms with Crippen LogP contribution in [-0.4, -0.2) is 26.2 Å². The van der Waals surface area contributed by atoms with E-state index < -0.39 is 5.41 Å². The number of hydrogen-bond acceptors (Lipinski definition) is 4. The van der Waals surface area contributed by atoms with E-state index in [1.807, 2.05) is 6.07 Å². The van der Waals surface area contributed by atoms with E-state index >= 15 is 0 Å². The van der Waals surface area contributed by atoms with Gasteiger partial charge in [0.15, 0.2) is 0 Å². The number of fused-ring (bicyclic) bond motifs is 4. The first kappa shape index (κ1) is 14.4. The van der Waals surface area contributed by atoms with Gasteiger partial charge >= 0.3 is 5.97 Å². The van der Waals surface area contributed by atoms with Gasteiger partial charge in [-0.1, -0.05) is 13.0 Å². The molecule has 4 heteroatoms. The molecule has 1 aromatic rings. The molecule has 3 rings (SSSR count). The molecular formula is C17H23NO3. The number of carbonyl (C=O) groups excluding carboxylic acids is 1. The molecule has 4 nitrogen and oxygen atoms in total. The quantitative estimate of drug-likeness (QED) is 0.848. The van der Waals surface area contributed by atoms with Gasteiger partial charge in [0.1, 0.15) is 5.75 Å². The maximum absolute atomic E-state index is 12.5. The van der Waals surface area contributed by atoms with Gasteiger partial charge in [0, 0.05) is 6.04 Å². The molecule has 114 valence electrons. The zero-order chi connectivity index (χ0) is 15.3. The number of ether oxygens (including phenoxy) is 2. The van der Waals surface area contributed by atoms with E-state index in [4.69, 9.17) is 15.2 Å². The molecule has 2 aliphatic rings. The van der Waals surface area contributed by atoms with Crippen LogP contribution in [-0.2, 0) is 21.4 Å². The highest BCUT2D eigenvalue weighted by molar-refractivity contribution is 5.79. The number of hydrogen-bond donors (Lipinski definition) is 1. The Balaban J connectivity index is 2.14. The lowest BCUT2D eigenvalue weighted by molar-refractivity contribution is -0.158. The third-order valence-electron chi connectivity index (χ3n) is 5.49. The Morgan fingerprint density at radius 3 is 2.81 bits per heavy atom. The first-order chi connectivity index (χ1) is 9.95. The van der Waals surface area contributed by atoms with Crippen molar-refractivity contribution >= 4 is 5.97 Å². The SMILES string of the molecule is COC(=O)[C@]12Cc3ccc(OC)cc3[C@](C)(CC[C@H]1N)C2. The van der Waals surface area contributed by atoms with Crippen LogP contribution >= 0.6 is 0 Å². The van der Waals surface area contributed by atoms with Crippen LogP contribution in [0.4, 0.5) is 0 Å². The number of methoxy groups -OCH3 is 2. The van der Waals surface area contributed by atoms with Gasteiger partial charge in [0.25, 0.3) is 0 Å². The monoisotopic (exact) mass is 289 g/mol. The van der Waals surface area contributed by atoms with Crippen LogP contribution in [0.15, 0.2) is 18.2 Å². The normalized spacial score (nSPS) is 34.0. The summed E-state index contributed by atoms with van der Waals surface area (Å²) in [6, 6.07) is 6.02. The van der Waals surface area contributed by atoms with Crippen molar-refractivity contribution in [2.75, 3.05) is 14.2 Å². The Bertz CT molecular complexity index is 585. The van der Waals surface area contributed by atoms with Gasteiger partial charge < -0.3 is 15.2 Å². The largest absolute Gasteiger partial charge is 0.497 e. The number of benzene rings is 1. The van der Waals surface area contributed by atoms with Crippen LogP contribution in [0.5, 0.6) is 5.75 Å². The zero-order valence-electron chi connectivity index (χ0n) is 12.9. The van der Waals surface area contributed by atoms with Crippen molar-refractivity contribution in [2.24, 2.45) is 11.1 Å². The fourth-order valence-electron chi connectivity index (χ4n) is 4.33. The molecule has 0 heterocycles. The molecule has 2 N–H and O–H groups in total.